The average Bonchev–Trinajstić information content (AvgIpc) is 2.54. The fourth-order valence-electron chi connectivity index (χ4n) is 1.58. The normalized spacial score (nSPS) is 15.1. The van der Waals surface area contributed by atoms with E-state index in [9.17, 15) is 8.42 Å². The van der Waals surface area contributed by atoms with Crippen LogP contribution in [0.2, 0.25) is 0 Å². The van der Waals surface area contributed by atoms with Gasteiger partial charge in [-0.3, -0.25) is 4.72 Å². The van der Waals surface area contributed by atoms with Gasteiger partial charge >= 0.3 is 0 Å². The zero-order chi connectivity index (χ0) is 14.0. The fraction of sp³-hybridized carbons (Fsp3) is 0.500. The molecule has 1 aliphatic rings. The van der Waals surface area contributed by atoms with Crippen molar-refractivity contribution in [3.8, 4) is 11.5 Å². The Morgan fingerprint density at radius 3 is 2.37 bits per heavy atom. The lowest BCUT2D eigenvalue weighted by atomic mass is 10.2. The Morgan fingerprint density at radius 1 is 1.21 bits per heavy atom. The Hall–Kier alpha value is -1.63. The number of benzene rings is 1. The van der Waals surface area contributed by atoms with Gasteiger partial charge in [0.25, 0.3) is 0 Å². The number of ether oxygens (including phenoxy) is 2. The highest BCUT2D eigenvalue weighted by Gasteiger charge is 2.19. The van der Waals surface area contributed by atoms with Gasteiger partial charge in [0.1, 0.15) is 0 Å². The van der Waals surface area contributed by atoms with Crippen molar-refractivity contribution < 1.29 is 17.9 Å². The quantitative estimate of drug-likeness (QED) is 0.823. The van der Waals surface area contributed by atoms with Gasteiger partial charge in [-0.2, -0.15) is 0 Å². The SMILES string of the molecule is CC(C)S(=O)(=O)Nc1cc2c(cc1N)OCCCO2. The molecule has 19 heavy (non-hydrogen) atoms. The number of anilines is 2. The van der Waals surface area contributed by atoms with Crippen molar-refractivity contribution in [3.63, 3.8) is 0 Å². The van der Waals surface area contributed by atoms with Gasteiger partial charge in [-0.05, 0) is 13.8 Å². The molecule has 7 heteroatoms. The number of hydrogen-bond donors (Lipinski definition) is 2. The van der Waals surface area contributed by atoms with E-state index in [0.717, 1.165) is 6.42 Å². The standard InChI is InChI=1S/C12H18N2O4S/c1-8(2)19(15,16)14-10-7-12-11(6-9(10)13)17-4-3-5-18-12/h6-8,14H,3-5,13H2,1-2H3. The zero-order valence-corrected chi connectivity index (χ0v) is 11.8. The van der Waals surface area contributed by atoms with Crippen LogP contribution in [0.5, 0.6) is 11.5 Å². The molecule has 0 saturated heterocycles. The van der Waals surface area contributed by atoms with Crippen molar-refractivity contribution in [1.82, 2.24) is 0 Å². The van der Waals surface area contributed by atoms with Gasteiger partial charge < -0.3 is 15.2 Å². The lowest BCUT2D eigenvalue weighted by Gasteiger charge is -2.15. The second kappa shape index (κ2) is 5.16. The zero-order valence-electron chi connectivity index (χ0n) is 11.0. The highest BCUT2D eigenvalue weighted by molar-refractivity contribution is 7.93. The third-order valence-corrected chi connectivity index (χ3v) is 4.54. The van der Waals surface area contributed by atoms with E-state index in [-0.39, 0.29) is 0 Å². The largest absolute Gasteiger partial charge is 0.489 e. The van der Waals surface area contributed by atoms with Crippen molar-refractivity contribution in [3.05, 3.63) is 12.1 Å². The molecule has 0 aromatic heterocycles. The molecule has 1 aromatic carbocycles. The third kappa shape index (κ3) is 3.04. The summed E-state index contributed by atoms with van der Waals surface area (Å²) in [4.78, 5) is 0. The summed E-state index contributed by atoms with van der Waals surface area (Å²) in [5.41, 5.74) is 6.47. The van der Waals surface area contributed by atoms with Crippen LogP contribution in [0.3, 0.4) is 0 Å². The number of fused-ring (bicyclic) bond motifs is 1. The number of rotatable bonds is 3. The van der Waals surface area contributed by atoms with Gasteiger partial charge in [0.15, 0.2) is 11.5 Å². The number of nitrogens with two attached hydrogens (primary N) is 1. The molecule has 0 bridgehead atoms. The van der Waals surface area contributed by atoms with Crippen LogP contribution < -0.4 is 19.9 Å². The molecule has 0 aliphatic carbocycles. The van der Waals surface area contributed by atoms with Gasteiger partial charge in [0, 0.05) is 18.6 Å². The van der Waals surface area contributed by atoms with Crippen LogP contribution in [0.25, 0.3) is 0 Å². The molecule has 0 saturated carbocycles. The molecule has 6 nitrogen and oxygen atoms in total. The summed E-state index contributed by atoms with van der Waals surface area (Å²) in [5, 5.41) is -0.539. The minimum atomic E-state index is -3.44. The summed E-state index contributed by atoms with van der Waals surface area (Å²) < 4.78 is 37.1. The van der Waals surface area contributed by atoms with Crippen LogP contribution in [-0.4, -0.2) is 26.9 Å². The van der Waals surface area contributed by atoms with E-state index in [1.165, 1.54) is 0 Å². The van der Waals surface area contributed by atoms with Crippen LogP contribution in [0, 0.1) is 0 Å². The average molecular weight is 286 g/mol. The number of nitrogen functional groups attached to an aromatic ring is 1. The minimum absolute atomic E-state index is 0.313. The minimum Gasteiger partial charge on any atom is -0.489 e. The first kappa shape index (κ1) is 13.8. The lowest BCUT2D eigenvalue weighted by Crippen LogP contribution is -2.23. The van der Waals surface area contributed by atoms with E-state index in [0.29, 0.717) is 36.1 Å². The van der Waals surface area contributed by atoms with Crippen LogP contribution in [-0.2, 0) is 10.0 Å². The Kier molecular flexibility index (Phi) is 3.75. The van der Waals surface area contributed by atoms with Gasteiger partial charge in [-0.25, -0.2) is 8.42 Å². The maximum Gasteiger partial charge on any atom is 0.235 e. The molecule has 1 aromatic rings. The van der Waals surface area contributed by atoms with E-state index in [4.69, 9.17) is 15.2 Å². The molecular formula is C12H18N2O4S. The number of sulfonamides is 1. The van der Waals surface area contributed by atoms with Crippen LogP contribution in [0.15, 0.2) is 12.1 Å². The van der Waals surface area contributed by atoms with Crippen LogP contribution in [0.1, 0.15) is 20.3 Å². The first-order valence-electron chi connectivity index (χ1n) is 6.11. The molecule has 1 aliphatic heterocycles. The molecule has 3 N–H and O–H groups in total. The Bertz CT molecular complexity index is 569. The van der Waals surface area contributed by atoms with Crippen molar-refractivity contribution in [2.75, 3.05) is 23.7 Å². The molecule has 106 valence electrons. The van der Waals surface area contributed by atoms with E-state index >= 15 is 0 Å². The van der Waals surface area contributed by atoms with E-state index in [1.807, 2.05) is 0 Å². The maximum absolute atomic E-state index is 11.8. The van der Waals surface area contributed by atoms with Crippen LogP contribution >= 0.6 is 0 Å². The molecule has 0 atom stereocenters. The first-order chi connectivity index (χ1) is 8.90. The predicted molar refractivity (Wildman–Crippen MR) is 74.1 cm³/mol. The first-order valence-corrected chi connectivity index (χ1v) is 7.65. The van der Waals surface area contributed by atoms with E-state index in [2.05, 4.69) is 4.72 Å². The lowest BCUT2D eigenvalue weighted by molar-refractivity contribution is 0.297. The molecular weight excluding hydrogens is 268 g/mol. The summed E-state index contributed by atoms with van der Waals surface area (Å²) in [5.74, 6) is 1.05. The van der Waals surface area contributed by atoms with Crippen molar-refractivity contribution >= 4 is 21.4 Å². The summed E-state index contributed by atoms with van der Waals surface area (Å²) in [6.45, 7) is 4.29. The second-order valence-electron chi connectivity index (χ2n) is 4.63. The summed E-state index contributed by atoms with van der Waals surface area (Å²) in [7, 11) is -3.44. The van der Waals surface area contributed by atoms with Gasteiger partial charge in [0.05, 0.1) is 29.8 Å². The molecule has 0 radical (unpaired) electrons. The Morgan fingerprint density at radius 2 is 1.79 bits per heavy atom. The van der Waals surface area contributed by atoms with Gasteiger partial charge in [-0.15, -0.1) is 0 Å². The maximum atomic E-state index is 11.8. The van der Waals surface area contributed by atoms with E-state index in [1.54, 1.807) is 26.0 Å². The van der Waals surface area contributed by atoms with Crippen LogP contribution in [0.4, 0.5) is 11.4 Å². The molecule has 0 unspecified atom stereocenters. The third-order valence-electron chi connectivity index (χ3n) is 2.79. The topological polar surface area (TPSA) is 90.7 Å². The summed E-state index contributed by atoms with van der Waals surface area (Å²) >= 11 is 0. The van der Waals surface area contributed by atoms with Crippen molar-refractivity contribution in [1.29, 1.82) is 0 Å². The fourth-order valence-corrected chi connectivity index (χ4v) is 2.30. The highest BCUT2D eigenvalue weighted by Crippen LogP contribution is 2.37. The van der Waals surface area contributed by atoms with Gasteiger partial charge in [-0.1, -0.05) is 0 Å². The summed E-state index contributed by atoms with van der Waals surface area (Å²) in [6, 6.07) is 3.15. The van der Waals surface area contributed by atoms with Gasteiger partial charge in [0.2, 0.25) is 10.0 Å². The Labute approximate surface area is 112 Å². The monoisotopic (exact) mass is 286 g/mol. The summed E-state index contributed by atoms with van der Waals surface area (Å²) in [6.07, 6.45) is 0.779. The van der Waals surface area contributed by atoms with Crippen molar-refractivity contribution in [2.24, 2.45) is 0 Å². The predicted octanol–water partition coefficient (Wildman–Crippen LogP) is 1.58. The molecule has 2 rings (SSSR count). The molecule has 0 fully saturated rings. The van der Waals surface area contributed by atoms with Crippen molar-refractivity contribution in [2.45, 2.75) is 25.5 Å². The molecule has 0 amide bonds. The number of hydrogen-bond acceptors (Lipinski definition) is 5. The smallest absolute Gasteiger partial charge is 0.235 e. The van der Waals surface area contributed by atoms with E-state index < -0.39 is 15.3 Å². The number of nitrogens with one attached hydrogen (secondary N) is 1. The Balaban J connectivity index is 2.35. The second-order valence-corrected chi connectivity index (χ2v) is 6.87. The molecule has 1 heterocycles. The highest BCUT2D eigenvalue weighted by atomic mass is 32.2. The molecule has 0 spiro atoms.